The minimum Gasteiger partial charge on any atom is -0.370 e. The molecule has 0 bridgehead atoms. The lowest BCUT2D eigenvalue weighted by atomic mass is 10.2. The molecule has 1 aromatic heterocycles. The van der Waals surface area contributed by atoms with Gasteiger partial charge in [-0.2, -0.15) is 0 Å². The van der Waals surface area contributed by atoms with E-state index in [2.05, 4.69) is 20.6 Å². The summed E-state index contributed by atoms with van der Waals surface area (Å²) in [6, 6.07) is 0. The fraction of sp³-hybridized carbons (Fsp3) is 0.545. The van der Waals surface area contributed by atoms with Gasteiger partial charge in [-0.3, -0.25) is 10.2 Å². The van der Waals surface area contributed by atoms with Gasteiger partial charge in [-0.05, 0) is 19.3 Å². The summed E-state index contributed by atoms with van der Waals surface area (Å²) in [5.41, 5.74) is 6.20. The van der Waals surface area contributed by atoms with Crippen molar-refractivity contribution >= 4 is 11.9 Å². The molecule has 0 saturated heterocycles. The van der Waals surface area contributed by atoms with Crippen LogP contribution in [-0.4, -0.2) is 34.9 Å². The van der Waals surface area contributed by atoms with Gasteiger partial charge >= 0.3 is 0 Å². The van der Waals surface area contributed by atoms with E-state index >= 15 is 0 Å². The van der Waals surface area contributed by atoms with Crippen LogP contribution in [0.5, 0.6) is 0 Å². The molecule has 0 radical (unpaired) electrons. The first-order valence-corrected chi connectivity index (χ1v) is 6.00. The lowest BCUT2D eigenvalue weighted by Crippen LogP contribution is -2.32. The van der Waals surface area contributed by atoms with E-state index < -0.39 is 0 Å². The smallest absolute Gasteiger partial charge is 0.220 e. The summed E-state index contributed by atoms with van der Waals surface area (Å²) in [4.78, 5) is 18.3. The van der Waals surface area contributed by atoms with Crippen molar-refractivity contribution in [3.63, 3.8) is 0 Å². The lowest BCUT2D eigenvalue weighted by Gasteiger charge is -2.05. The molecule has 0 fully saturated rings. The zero-order valence-electron chi connectivity index (χ0n) is 10.3. The van der Waals surface area contributed by atoms with Crippen molar-refractivity contribution in [3.8, 4) is 0 Å². The number of rotatable bonds is 8. The minimum absolute atomic E-state index is 0.0324. The van der Waals surface area contributed by atoms with E-state index in [0.29, 0.717) is 25.9 Å². The van der Waals surface area contributed by atoms with Gasteiger partial charge in [0.05, 0.1) is 6.33 Å². The Morgan fingerprint density at radius 1 is 1.39 bits per heavy atom. The number of H-pyrrole nitrogens is 1. The van der Waals surface area contributed by atoms with Crippen LogP contribution in [0, 0.1) is 5.41 Å². The van der Waals surface area contributed by atoms with Crippen LogP contribution in [0.15, 0.2) is 12.5 Å². The second kappa shape index (κ2) is 8.10. The summed E-state index contributed by atoms with van der Waals surface area (Å²) in [6.45, 7) is 1.22. The maximum atomic E-state index is 11.4. The summed E-state index contributed by atoms with van der Waals surface area (Å²) in [6.07, 6.45) is 6.33. The van der Waals surface area contributed by atoms with Gasteiger partial charge in [0.15, 0.2) is 5.96 Å². The van der Waals surface area contributed by atoms with E-state index in [1.165, 1.54) is 0 Å². The summed E-state index contributed by atoms with van der Waals surface area (Å²) in [5, 5.41) is 12.4. The molecule has 0 aliphatic heterocycles. The van der Waals surface area contributed by atoms with E-state index in [1.54, 1.807) is 12.5 Å². The van der Waals surface area contributed by atoms with Crippen molar-refractivity contribution in [1.29, 1.82) is 5.41 Å². The average molecular weight is 252 g/mol. The van der Waals surface area contributed by atoms with Gasteiger partial charge in [0.2, 0.25) is 5.91 Å². The number of guanidine groups is 1. The zero-order chi connectivity index (χ0) is 13.2. The number of hydrogen-bond acceptors (Lipinski definition) is 3. The predicted octanol–water partition coefficient (Wildman–Crippen LogP) is -0.278. The topological polar surface area (TPSA) is 120 Å². The van der Waals surface area contributed by atoms with Gasteiger partial charge in [0.1, 0.15) is 0 Å². The molecular formula is C11H20N6O. The van der Waals surface area contributed by atoms with Crippen molar-refractivity contribution in [3.05, 3.63) is 18.2 Å². The Balaban J connectivity index is 1.95. The predicted molar refractivity (Wildman–Crippen MR) is 69.1 cm³/mol. The van der Waals surface area contributed by atoms with Crippen molar-refractivity contribution < 1.29 is 4.79 Å². The third kappa shape index (κ3) is 6.51. The van der Waals surface area contributed by atoms with E-state index in [-0.39, 0.29) is 11.9 Å². The maximum Gasteiger partial charge on any atom is 0.220 e. The standard InChI is InChI=1S/C11H20N6O/c12-11(13)16-6-2-4-10(18)15-5-1-3-9-7-14-8-17-9/h7-8H,1-6H2,(H,14,17)(H,15,18)(H4,12,13,16). The number of carbonyl (C=O) groups is 1. The molecule has 18 heavy (non-hydrogen) atoms. The SMILES string of the molecule is N=C(N)NCCCC(=O)NCCCc1cnc[nH]1. The van der Waals surface area contributed by atoms with Crippen molar-refractivity contribution in [2.45, 2.75) is 25.7 Å². The number of nitrogens with zero attached hydrogens (tertiary/aromatic N) is 1. The Kier molecular flexibility index (Phi) is 6.31. The first-order chi connectivity index (χ1) is 8.68. The number of amides is 1. The molecule has 0 aliphatic carbocycles. The second-order valence-electron chi connectivity index (χ2n) is 3.97. The zero-order valence-corrected chi connectivity index (χ0v) is 10.3. The fourth-order valence-electron chi connectivity index (χ4n) is 1.49. The number of aromatic amines is 1. The van der Waals surface area contributed by atoms with Crippen LogP contribution in [-0.2, 0) is 11.2 Å². The molecule has 0 spiro atoms. The summed E-state index contributed by atoms with van der Waals surface area (Å²) >= 11 is 0. The number of hydrogen-bond donors (Lipinski definition) is 5. The van der Waals surface area contributed by atoms with Gasteiger partial charge in [-0.25, -0.2) is 4.98 Å². The second-order valence-corrected chi connectivity index (χ2v) is 3.97. The van der Waals surface area contributed by atoms with Crippen molar-refractivity contribution in [2.24, 2.45) is 5.73 Å². The molecule has 1 heterocycles. The first-order valence-electron chi connectivity index (χ1n) is 6.00. The minimum atomic E-state index is -0.0602. The number of imidazole rings is 1. The summed E-state index contributed by atoms with van der Waals surface area (Å²) in [7, 11) is 0. The molecule has 7 heteroatoms. The molecule has 7 nitrogen and oxygen atoms in total. The van der Waals surface area contributed by atoms with Crippen LogP contribution in [0.1, 0.15) is 25.0 Å². The highest BCUT2D eigenvalue weighted by molar-refractivity contribution is 5.76. The molecule has 1 aromatic rings. The van der Waals surface area contributed by atoms with E-state index in [1.807, 2.05) is 0 Å². The highest BCUT2D eigenvalue weighted by Crippen LogP contribution is 1.95. The molecule has 0 saturated carbocycles. The highest BCUT2D eigenvalue weighted by Gasteiger charge is 2.00. The summed E-state index contributed by atoms with van der Waals surface area (Å²) in [5.74, 6) is -0.0278. The molecule has 0 unspecified atom stereocenters. The van der Waals surface area contributed by atoms with Crippen LogP contribution >= 0.6 is 0 Å². The highest BCUT2D eigenvalue weighted by atomic mass is 16.1. The molecule has 100 valence electrons. The maximum absolute atomic E-state index is 11.4. The van der Waals surface area contributed by atoms with Gasteiger partial charge in [0.25, 0.3) is 0 Å². The van der Waals surface area contributed by atoms with E-state index in [0.717, 1.165) is 18.5 Å². The van der Waals surface area contributed by atoms with E-state index in [9.17, 15) is 4.79 Å². The number of nitrogens with one attached hydrogen (secondary N) is 4. The van der Waals surface area contributed by atoms with Crippen LogP contribution < -0.4 is 16.4 Å². The fourth-order valence-corrected chi connectivity index (χ4v) is 1.49. The number of nitrogens with two attached hydrogens (primary N) is 1. The Bertz CT molecular complexity index is 362. The molecule has 1 rings (SSSR count). The molecule has 1 amide bonds. The van der Waals surface area contributed by atoms with Gasteiger partial charge in [-0.15, -0.1) is 0 Å². The number of aromatic nitrogens is 2. The third-order valence-corrected chi connectivity index (χ3v) is 2.40. The van der Waals surface area contributed by atoms with Gasteiger partial charge < -0.3 is 21.4 Å². The van der Waals surface area contributed by atoms with Crippen molar-refractivity contribution in [1.82, 2.24) is 20.6 Å². The number of carbonyl (C=O) groups excluding carboxylic acids is 1. The van der Waals surface area contributed by atoms with E-state index in [4.69, 9.17) is 11.1 Å². The van der Waals surface area contributed by atoms with Crippen LogP contribution in [0.2, 0.25) is 0 Å². The molecule has 6 N–H and O–H groups in total. The molecule has 0 atom stereocenters. The molecular weight excluding hydrogens is 232 g/mol. The third-order valence-electron chi connectivity index (χ3n) is 2.40. The Hall–Kier alpha value is -2.05. The van der Waals surface area contributed by atoms with Gasteiger partial charge in [-0.1, -0.05) is 0 Å². The van der Waals surface area contributed by atoms with Crippen LogP contribution in [0.25, 0.3) is 0 Å². The van der Waals surface area contributed by atoms with Crippen molar-refractivity contribution in [2.75, 3.05) is 13.1 Å². The lowest BCUT2D eigenvalue weighted by molar-refractivity contribution is -0.121. The summed E-state index contributed by atoms with van der Waals surface area (Å²) < 4.78 is 0. The van der Waals surface area contributed by atoms with Gasteiger partial charge in [0, 0.05) is 31.4 Å². The monoisotopic (exact) mass is 252 g/mol. The quantitative estimate of drug-likeness (QED) is 0.248. The average Bonchev–Trinajstić information content (AvgIpc) is 2.83. The first kappa shape index (κ1) is 14.0. The Labute approximate surface area is 106 Å². The number of aryl methyl sites for hydroxylation is 1. The molecule has 0 aromatic carbocycles. The Morgan fingerprint density at radius 3 is 2.83 bits per heavy atom. The molecule has 0 aliphatic rings. The normalized spacial score (nSPS) is 10.0. The Morgan fingerprint density at radius 2 is 2.17 bits per heavy atom. The largest absolute Gasteiger partial charge is 0.370 e. The van der Waals surface area contributed by atoms with Crippen LogP contribution in [0.3, 0.4) is 0 Å². The van der Waals surface area contributed by atoms with Crippen LogP contribution in [0.4, 0.5) is 0 Å².